The smallest absolute Gasteiger partial charge is 0.252 e. The van der Waals surface area contributed by atoms with Gasteiger partial charge >= 0.3 is 0 Å². The van der Waals surface area contributed by atoms with E-state index in [4.69, 9.17) is 4.74 Å². The molecule has 1 aromatic heterocycles. The zero-order chi connectivity index (χ0) is 13.2. The van der Waals surface area contributed by atoms with E-state index in [1.807, 2.05) is 0 Å². The molecule has 3 rings (SSSR count). The predicted molar refractivity (Wildman–Crippen MR) is 72.6 cm³/mol. The first-order valence-electron chi connectivity index (χ1n) is 6.86. The van der Waals surface area contributed by atoms with Crippen LogP contribution in [0.5, 0.6) is 0 Å². The average molecular weight is 264 g/mol. The summed E-state index contributed by atoms with van der Waals surface area (Å²) in [5.41, 5.74) is -0.0823. The van der Waals surface area contributed by atoms with Crippen molar-refractivity contribution >= 4 is 5.82 Å². The Morgan fingerprint density at radius 2 is 2.42 bits per heavy atom. The second kappa shape index (κ2) is 5.30. The minimum Gasteiger partial charge on any atom is -0.374 e. The van der Waals surface area contributed by atoms with E-state index in [9.17, 15) is 4.79 Å². The topological polar surface area (TPSA) is 70.2 Å². The first-order chi connectivity index (χ1) is 9.20. The molecular weight excluding hydrogens is 244 g/mol. The fourth-order valence-corrected chi connectivity index (χ4v) is 2.33. The number of hydrogen-bond donors (Lipinski definition) is 2. The molecule has 1 aliphatic carbocycles. The maximum atomic E-state index is 11.6. The number of hydrogen-bond acceptors (Lipinski definition) is 5. The highest BCUT2D eigenvalue weighted by Gasteiger charge is 2.26. The summed E-state index contributed by atoms with van der Waals surface area (Å²) >= 11 is 0. The lowest BCUT2D eigenvalue weighted by molar-refractivity contribution is -0.0117. The van der Waals surface area contributed by atoms with Gasteiger partial charge in [-0.1, -0.05) is 0 Å². The zero-order valence-corrected chi connectivity index (χ0v) is 11.2. The molecule has 2 fully saturated rings. The number of nitrogens with one attached hydrogen (secondary N) is 2. The summed E-state index contributed by atoms with van der Waals surface area (Å²) in [6, 6.07) is 1.51. The summed E-state index contributed by atoms with van der Waals surface area (Å²) in [5.74, 6) is 1.92. The lowest BCUT2D eigenvalue weighted by atomic mass is 10.3. The van der Waals surface area contributed by atoms with Crippen molar-refractivity contribution in [2.75, 3.05) is 38.6 Å². The maximum Gasteiger partial charge on any atom is 0.252 e. The molecule has 0 amide bonds. The lowest BCUT2D eigenvalue weighted by Gasteiger charge is -2.30. The van der Waals surface area contributed by atoms with Crippen molar-refractivity contribution in [1.82, 2.24) is 14.9 Å². The molecule has 1 saturated heterocycles. The van der Waals surface area contributed by atoms with Gasteiger partial charge in [-0.3, -0.25) is 4.79 Å². The Morgan fingerprint density at radius 1 is 1.58 bits per heavy atom. The summed E-state index contributed by atoms with van der Waals surface area (Å²) < 4.78 is 5.67. The van der Waals surface area contributed by atoms with E-state index in [0.717, 1.165) is 38.4 Å². The molecule has 1 saturated carbocycles. The molecule has 104 valence electrons. The molecule has 1 unspecified atom stereocenters. The highest BCUT2D eigenvalue weighted by atomic mass is 16.5. The number of anilines is 1. The largest absolute Gasteiger partial charge is 0.374 e. The molecule has 1 atom stereocenters. The Balaban J connectivity index is 1.61. The monoisotopic (exact) mass is 264 g/mol. The van der Waals surface area contributed by atoms with Crippen LogP contribution in [0.2, 0.25) is 0 Å². The van der Waals surface area contributed by atoms with Crippen LogP contribution in [0.25, 0.3) is 0 Å². The third kappa shape index (κ3) is 3.33. The molecule has 19 heavy (non-hydrogen) atoms. The Bertz CT molecular complexity index is 498. The Labute approximate surface area is 112 Å². The maximum absolute atomic E-state index is 11.6. The van der Waals surface area contributed by atoms with Crippen LogP contribution in [0.1, 0.15) is 24.6 Å². The van der Waals surface area contributed by atoms with Gasteiger partial charge in [-0.05, 0) is 19.9 Å². The van der Waals surface area contributed by atoms with E-state index in [0.29, 0.717) is 18.3 Å². The van der Waals surface area contributed by atoms with Crippen LogP contribution < -0.4 is 10.9 Å². The molecule has 0 bridgehead atoms. The molecule has 1 aromatic rings. The van der Waals surface area contributed by atoms with Crippen LogP contribution in [0.15, 0.2) is 10.9 Å². The number of aromatic amines is 1. The van der Waals surface area contributed by atoms with Crippen molar-refractivity contribution in [3.63, 3.8) is 0 Å². The van der Waals surface area contributed by atoms with Gasteiger partial charge in [0.05, 0.1) is 12.7 Å². The second-order valence-electron chi connectivity index (χ2n) is 5.43. The van der Waals surface area contributed by atoms with Crippen LogP contribution in [-0.4, -0.2) is 54.3 Å². The molecule has 6 nitrogen and oxygen atoms in total. The number of morpholine rings is 1. The molecule has 1 aliphatic heterocycles. The summed E-state index contributed by atoms with van der Waals surface area (Å²) in [4.78, 5) is 21.1. The van der Waals surface area contributed by atoms with Crippen LogP contribution in [0.3, 0.4) is 0 Å². The van der Waals surface area contributed by atoms with Gasteiger partial charge in [0.25, 0.3) is 5.56 Å². The van der Waals surface area contributed by atoms with Gasteiger partial charge in [0.1, 0.15) is 11.6 Å². The summed E-state index contributed by atoms with van der Waals surface area (Å²) in [5, 5.41) is 3.22. The SMILES string of the molecule is CN1CCOC(CNc2cc(=O)[nH]c(C3CC3)n2)C1. The average Bonchev–Trinajstić information content (AvgIpc) is 3.20. The highest BCUT2D eigenvalue weighted by Crippen LogP contribution is 2.37. The summed E-state index contributed by atoms with van der Waals surface area (Å²) in [6.07, 6.45) is 2.41. The summed E-state index contributed by atoms with van der Waals surface area (Å²) in [7, 11) is 2.09. The van der Waals surface area contributed by atoms with Gasteiger partial charge < -0.3 is 19.9 Å². The minimum absolute atomic E-state index is 0.0823. The van der Waals surface area contributed by atoms with Crippen LogP contribution in [0.4, 0.5) is 5.82 Å². The third-order valence-electron chi connectivity index (χ3n) is 3.58. The molecule has 0 aromatic carbocycles. The number of H-pyrrole nitrogens is 1. The fraction of sp³-hybridized carbons (Fsp3) is 0.692. The molecule has 2 aliphatic rings. The Kier molecular flexibility index (Phi) is 3.52. The standard InChI is InChI=1S/C13H20N4O2/c1-17-4-5-19-10(8-17)7-14-11-6-12(18)16-13(15-11)9-2-3-9/h6,9-10H,2-5,7-8H2,1H3,(H2,14,15,16,18). The van der Waals surface area contributed by atoms with Gasteiger partial charge in [-0.2, -0.15) is 0 Å². The van der Waals surface area contributed by atoms with Crippen molar-refractivity contribution in [1.29, 1.82) is 0 Å². The highest BCUT2D eigenvalue weighted by molar-refractivity contribution is 5.34. The van der Waals surface area contributed by atoms with Crippen molar-refractivity contribution in [2.24, 2.45) is 0 Å². The van der Waals surface area contributed by atoms with Gasteiger partial charge in [0, 0.05) is 31.6 Å². The fourth-order valence-electron chi connectivity index (χ4n) is 2.33. The van der Waals surface area contributed by atoms with E-state index < -0.39 is 0 Å². The quantitative estimate of drug-likeness (QED) is 0.823. The number of nitrogens with zero attached hydrogens (tertiary/aromatic N) is 2. The molecule has 2 heterocycles. The van der Waals surface area contributed by atoms with Crippen molar-refractivity contribution in [2.45, 2.75) is 24.9 Å². The van der Waals surface area contributed by atoms with E-state index in [-0.39, 0.29) is 11.7 Å². The van der Waals surface area contributed by atoms with E-state index in [2.05, 4.69) is 27.2 Å². The normalized spacial score (nSPS) is 24.4. The first-order valence-corrected chi connectivity index (χ1v) is 6.86. The van der Waals surface area contributed by atoms with Crippen molar-refractivity contribution in [3.8, 4) is 0 Å². The van der Waals surface area contributed by atoms with Gasteiger partial charge in [-0.15, -0.1) is 0 Å². The molecule has 0 radical (unpaired) electrons. The number of aromatic nitrogens is 2. The first kappa shape index (κ1) is 12.6. The molecule has 0 spiro atoms. The van der Waals surface area contributed by atoms with E-state index >= 15 is 0 Å². The third-order valence-corrected chi connectivity index (χ3v) is 3.58. The number of ether oxygens (including phenoxy) is 1. The minimum atomic E-state index is -0.0823. The van der Waals surface area contributed by atoms with Crippen molar-refractivity contribution in [3.05, 3.63) is 22.2 Å². The zero-order valence-electron chi connectivity index (χ0n) is 11.2. The molecule has 2 N–H and O–H groups in total. The molecule has 6 heteroatoms. The predicted octanol–water partition coefficient (Wildman–Crippen LogP) is 0.390. The Morgan fingerprint density at radius 3 is 3.16 bits per heavy atom. The molecular formula is C13H20N4O2. The van der Waals surface area contributed by atoms with Crippen LogP contribution in [0, 0.1) is 0 Å². The van der Waals surface area contributed by atoms with Gasteiger partial charge in [0.15, 0.2) is 0 Å². The van der Waals surface area contributed by atoms with Crippen molar-refractivity contribution < 1.29 is 4.74 Å². The number of likely N-dealkylation sites (N-methyl/N-ethyl adjacent to an activating group) is 1. The van der Waals surface area contributed by atoms with Gasteiger partial charge in [0.2, 0.25) is 0 Å². The second-order valence-corrected chi connectivity index (χ2v) is 5.43. The summed E-state index contributed by atoms with van der Waals surface area (Å²) in [6.45, 7) is 3.33. The van der Waals surface area contributed by atoms with E-state index in [1.165, 1.54) is 6.07 Å². The number of rotatable bonds is 4. The lowest BCUT2D eigenvalue weighted by Crippen LogP contribution is -2.43. The van der Waals surface area contributed by atoms with Gasteiger partial charge in [-0.25, -0.2) is 4.98 Å². The van der Waals surface area contributed by atoms with Crippen LogP contribution >= 0.6 is 0 Å². The van der Waals surface area contributed by atoms with Crippen LogP contribution in [-0.2, 0) is 4.74 Å². The van der Waals surface area contributed by atoms with E-state index in [1.54, 1.807) is 0 Å². The Hall–Kier alpha value is -1.40.